The number of likely N-dealkylation sites (tertiary alicyclic amines) is 1. The van der Waals surface area contributed by atoms with E-state index in [9.17, 15) is 14.4 Å². The molecule has 0 bridgehead atoms. The first kappa shape index (κ1) is 15.2. The summed E-state index contributed by atoms with van der Waals surface area (Å²) in [6.45, 7) is 0.906. The zero-order valence-corrected chi connectivity index (χ0v) is 10.7. The third-order valence-electron chi connectivity index (χ3n) is 3.01. The molecule has 1 unspecified atom stereocenters. The molecule has 108 valence electrons. The number of ether oxygens (including phenoxy) is 1. The standard InChI is InChI=1S/C11H18N2O6/c1-19-7-4-5-13(6-7)11(18)12-8(10(16)17)2-3-9(14)15/h7-8H,2-6H2,1H3,(H,12,18)(H,14,15)(H,16,17)/t7?,8-/m0/s1. The van der Waals surface area contributed by atoms with E-state index in [2.05, 4.69) is 5.32 Å². The maximum Gasteiger partial charge on any atom is 0.326 e. The van der Waals surface area contributed by atoms with Crippen LogP contribution < -0.4 is 5.32 Å². The Labute approximate surface area is 110 Å². The summed E-state index contributed by atoms with van der Waals surface area (Å²) in [5.74, 6) is -2.33. The quantitative estimate of drug-likeness (QED) is 0.614. The van der Waals surface area contributed by atoms with E-state index in [1.165, 1.54) is 4.90 Å². The number of carboxylic acids is 2. The highest BCUT2D eigenvalue weighted by molar-refractivity contribution is 5.83. The van der Waals surface area contributed by atoms with Crippen molar-refractivity contribution >= 4 is 18.0 Å². The number of hydrogen-bond donors (Lipinski definition) is 3. The normalized spacial score (nSPS) is 20.1. The van der Waals surface area contributed by atoms with Gasteiger partial charge in [0.1, 0.15) is 6.04 Å². The van der Waals surface area contributed by atoms with Gasteiger partial charge in [-0.15, -0.1) is 0 Å². The van der Waals surface area contributed by atoms with Crippen LogP contribution in [0.5, 0.6) is 0 Å². The highest BCUT2D eigenvalue weighted by Crippen LogP contribution is 2.12. The van der Waals surface area contributed by atoms with Crippen molar-refractivity contribution in [1.82, 2.24) is 10.2 Å². The molecule has 2 amide bonds. The van der Waals surface area contributed by atoms with Crippen LogP contribution in [0.4, 0.5) is 4.79 Å². The van der Waals surface area contributed by atoms with E-state index >= 15 is 0 Å². The summed E-state index contributed by atoms with van der Waals surface area (Å²) in [5.41, 5.74) is 0. The Morgan fingerprint density at radius 3 is 2.58 bits per heavy atom. The molecule has 1 rings (SSSR count). The number of nitrogens with one attached hydrogen (secondary N) is 1. The van der Waals surface area contributed by atoms with Crippen molar-refractivity contribution in [3.8, 4) is 0 Å². The second-order valence-electron chi connectivity index (χ2n) is 4.37. The number of carbonyl (C=O) groups excluding carboxylic acids is 1. The van der Waals surface area contributed by atoms with Crippen LogP contribution >= 0.6 is 0 Å². The number of nitrogens with zero attached hydrogens (tertiary/aromatic N) is 1. The molecule has 1 aliphatic rings. The fourth-order valence-corrected chi connectivity index (χ4v) is 1.87. The molecule has 0 radical (unpaired) electrons. The van der Waals surface area contributed by atoms with Gasteiger partial charge in [-0.05, 0) is 12.8 Å². The lowest BCUT2D eigenvalue weighted by molar-refractivity contribution is -0.140. The molecule has 2 atom stereocenters. The molecule has 8 heteroatoms. The number of rotatable bonds is 6. The van der Waals surface area contributed by atoms with Gasteiger partial charge in [0.15, 0.2) is 0 Å². The van der Waals surface area contributed by atoms with Crippen molar-refractivity contribution < 1.29 is 29.3 Å². The maximum absolute atomic E-state index is 11.8. The Hall–Kier alpha value is -1.83. The average Bonchev–Trinajstić information content (AvgIpc) is 2.82. The van der Waals surface area contributed by atoms with E-state index in [0.29, 0.717) is 19.5 Å². The number of urea groups is 1. The molecule has 0 spiro atoms. The highest BCUT2D eigenvalue weighted by Gasteiger charge is 2.29. The molecular weight excluding hydrogens is 256 g/mol. The molecule has 0 aromatic rings. The predicted molar refractivity (Wildman–Crippen MR) is 63.8 cm³/mol. The smallest absolute Gasteiger partial charge is 0.326 e. The molecule has 1 aliphatic heterocycles. The van der Waals surface area contributed by atoms with E-state index in [1.54, 1.807) is 7.11 Å². The van der Waals surface area contributed by atoms with Crippen LogP contribution in [0.3, 0.4) is 0 Å². The first-order valence-corrected chi connectivity index (χ1v) is 5.97. The zero-order valence-electron chi connectivity index (χ0n) is 10.7. The summed E-state index contributed by atoms with van der Waals surface area (Å²) in [7, 11) is 1.55. The zero-order chi connectivity index (χ0) is 14.4. The summed E-state index contributed by atoms with van der Waals surface area (Å²) in [6, 6.07) is -1.69. The third kappa shape index (κ3) is 4.74. The minimum atomic E-state index is -1.24. The van der Waals surface area contributed by atoms with Crippen LogP contribution in [-0.2, 0) is 14.3 Å². The van der Waals surface area contributed by atoms with Crippen molar-refractivity contribution in [3.05, 3.63) is 0 Å². The number of carbonyl (C=O) groups is 3. The number of amides is 2. The fourth-order valence-electron chi connectivity index (χ4n) is 1.87. The summed E-state index contributed by atoms with van der Waals surface area (Å²) >= 11 is 0. The van der Waals surface area contributed by atoms with Gasteiger partial charge < -0.3 is 25.2 Å². The van der Waals surface area contributed by atoms with Gasteiger partial charge >= 0.3 is 18.0 Å². The minimum Gasteiger partial charge on any atom is -0.481 e. The van der Waals surface area contributed by atoms with Crippen molar-refractivity contribution in [1.29, 1.82) is 0 Å². The van der Waals surface area contributed by atoms with Crippen LogP contribution in [0.2, 0.25) is 0 Å². The molecule has 0 aromatic heterocycles. The molecule has 19 heavy (non-hydrogen) atoms. The third-order valence-corrected chi connectivity index (χ3v) is 3.01. The molecule has 1 fully saturated rings. The van der Waals surface area contributed by atoms with Crippen LogP contribution in [0.1, 0.15) is 19.3 Å². The van der Waals surface area contributed by atoms with E-state index < -0.39 is 24.0 Å². The van der Waals surface area contributed by atoms with Gasteiger partial charge in [-0.3, -0.25) is 4.79 Å². The van der Waals surface area contributed by atoms with Gasteiger partial charge in [-0.1, -0.05) is 0 Å². The van der Waals surface area contributed by atoms with E-state index in [-0.39, 0.29) is 18.9 Å². The molecule has 1 heterocycles. The molecule has 1 saturated heterocycles. The molecule has 0 aromatic carbocycles. The largest absolute Gasteiger partial charge is 0.481 e. The van der Waals surface area contributed by atoms with Gasteiger partial charge in [-0.2, -0.15) is 0 Å². The topological polar surface area (TPSA) is 116 Å². The summed E-state index contributed by atoms with van der Waals surface area (Å²) in [6.07, 6.45) is 0.222. The van der Waals surface area contributed by atoms with Gasteiger partial charge in [0, 0.05) is 26.6 Å². The van der Waals surface area contributed by atoms with Crippen LogP contribution in [0.15, 0.2) is 0 Å². The predicted octanol–water partition coefficient (Wildman–Crippen LogP) is -0.265. The Kier molecular flexibility index (Phi) is 5.56. The van der Waals surface area contributed by atoms with Crippen molar-refractivity contribution in [2.24, 2.45) is 0 Å². The summed E-state index contributed by atoms with van der Waals surface area (Å²) in [4.78, 5) is 34.6. The molecular formula is C11H18N2O6. The molecule has 8 nitrogen and oxygen atoms in total. The Bertz CT molecular complexity index is 359. The monoisotopic (exact) mass is 274 g/mol. The van der Waals surface area contributed by atoms with Crippen LogP contribution in [0, 0.1) is 0 Å². The second kappa shape index (κ2) is 6.93. The SMILES string of the molecule is COC1CCN(C(=O)N[C@@H](CCC(=O)O)C(=O)O)C1. The molecule has 0 aliphatic carbocycles. The Morgan fingerprint density at radius 2 is 2.11 bits per heavy atom. The van der Waals surface area contributed by atoms with Crippen LogP contribution in [0.25, 0.3) is 0 Å². The van der Waals surface area contributed by atoms with Crippen molar-refractivity contribution in [3.63, 3.8) is 0 Å². The van der Waals surface area contributed by atoms with Gasteiger partial charge in [0.25, 0.3) is 0 Å². The van der Waals surface area contributed by atoms with E-state index in [0.717, 1.165) is 0 Å². The maximum atomic E-state index is 11.8. The van der Waals surface area contributed by atoms with E-state index in [4.69, 9.17) is 14.9 Å². The lowest BCUT2D eigenvalue weighted by Gasteiger charge is -2.20. The number of aliphatic carboxylic acids is 2. The number of methoxy groups -OCH3 is 1. The number of carboxylic acid groups (broad SMARTS) is 2. The van der Waals surface area contributed by atoms with Gasteiger partial charge in [0.2, 0.25) is 0 Å². The van der Waals surface area contributed by atoms with E-state index in [1.807, 2.05) is 0 Å². The fraction of sp³-hybridized carbons (Fsp3) is 0.727. The highest BCUT2D eigenvalue weighted by atomic mass is 16.5. The first-order valence-electron chi connectivity index (χ1n) is 5.97. The lowest BCUT2D eigenvalue weighted by atomic mass is 10.1. The van der Waals surface area contributed by atoms with Gasteiger partial charge in [-0.25, -0.2) is 9.59 Å². The Balaban J connectivity index is 2.47. The molecule has 0 saturated carbocycles. The summed E-state index contributed by atoms with van der Waals surface area (Å²) in [5, 5.41) is 19.8. The van der Waals surface area contributed by atoms with Gasteiger partial charge in [0.05, 0.1) is 6.10 Å². The van der Waals surface area contributed by atoms with Crippen LogP contribution in [-0.4, -0.2) is 65.4 Å². The second-order valence-corrected chi connectivity index (χ2v) is 4.37. The number of hydrogen-bond acceptors (Lipinski definition) is 4. The average molecular weight is 274 g/mol. The lowest BCUT2D eigenvalue weighted by Crippen LogP contribution is -2.47. The van der Waals surface area contributed by atoms with Crippen molar-refractivity contribution in [2.45, 2.75) is 31.4 Å². The molecule has 3 N–H and O–H groups in total. The minimum absolute atomic E-state index is 0.0342. The van der Waals surface area contributed by atoms with Crippen molar-refractivity contribution in [2.75, 3.05) is 20.2 Å². The first-order chi connectivity index (χ1) is 8.93. The Morgan fingerprint density at radius 1 is 1.42 bits per heavy atom. The summed E-state index contributed by atoms with van der Waals surface area (Å²) < 4.78 is 5.11.